The second-order valence-corrected chi connectivity index (χ2v) is 6.02. The van der Waals surface area contributed by atoms with E-state index < -0.39 is 0 Å². The van der Waals surface area contributed by atoms with Crippen LogP contribution in [0, 0.1) is 0 Å². The second kappa shape index (κ2) is 6.07. The fourth-order valence-electron chi connectivity index (χ4n) is 2.45. The topological polar surface area (TPSA) is 18.5 Å². The first kappa shape index (κ1) is 13.9. The first-order valence-electron chi connectivity index (χ1n) is 6.61. The van der Waals surface area contributed by atoms with Gasteiger partial charge >= 0.3 is 0 Å². The van der Waals surface area contributed by atoms with E-state index in [1.807, 2.05) is 26.2 Å². The molecule has 1 aliphatic rings. The molecule has 1 aromatic carbocycles. The molecule has 2 nitrogen and oxygen atoms in total. The highest BCUT2D eigenvalue weighted by molar-refractivity contribution is 9.09. The maximum Gasteiger partial charge on any atom is 0.119 e. The predicted octanol–water partition coefficient (Wildman–Crippen LogP) is 4.48. The average Bonchev–Trinajstić information content (AvgIpc) is 2.35. The van der Waals surface area contributed by atoms with Gasteiger partial charge in [-0.25, -0.2) is 0 Å². The zero-order valence-electron chi connectivity index (χ0n) is 11.1. The van der Waals surface area contributed by atoms with E-state index in [0.717, 1.165) is 12.2 Å². The van der Waals surface area contributed by atoms with Gasteiger partial charge in [0.15, 0.2) is 0 Å². The van der Waals surface area contributed by atoms with E-state index in [9.17, 15) is 0 Å². The smallest absolute Gasteiger partial charge is 0.119 e. The third-order valence-corrected chi connectivity index (χ3v) is 4.65. The number of ether oxygens (including phenoxy) is 2. The molecule has 0 spiro atoms. The van der Waals surface area contributed by atoms with Crippen LogP contribution < -0.4 is 4.74 Å². The van der Waals surface area contributed by atoms with Crippen LogP contribution >= 0.6 is 15.9 Å². The molecule has 1 aliphatic carbocycles. The highest BCUT2D eigenvalue weighted by Crippen LogP contribution is 2.44. The van der Waals surface area contributed by atoms with Crippen molar-refractivity contribution in [3.8, 4) is 5.75 Å². The van der Waals surface area contributed by atoms with Crippen molar-refractivity contribution in [3.05, 3.63) is 29.8 Å². The lowest BCUT2D eigenvalue weighted by atomic mass is 9.76. The molecule has 0 radical (unpaired) electrons. The summed E-state index contributed by atoms with van der Waals surface area (Å²) in [5.74, 6) is 0.936. The van der Waals surface area contributed by atoms with E-state index in [1.54, 1.807) is 0 Å². The molecule has 1 aromatic rings. The van der Waals surface area contributed by atoms with Crippen molar-refractivity contribution in [2.75, 3.05) is 13.7 Å². The molecule has 0 heterocycles. The van der Waals surface area contributed by atoms with Crippen molar-refractivity contribution in [2.45, 2.75) is 43.0 Å². The fourth-order valence-corrected chi connectivity index (χ4v) is 3.34. The number of alkyl halides is 1. The molecule has 0 aromatic heterocycles. The second-order valence-electron chi connectivity index (χ2n) is 4.91. The Hall–Kier alpha value is -0.540. The van der Waals surface area contributed by atoms with Crippen LogP contribution in [0.25, 0.3) is 0 Å². The van der Waals surface area contributed by atoms with Gasteiger partial charge in [0.05, 0.1) is 12.2 Å². The van der Waals surface area contributed by atoms with E-state index in [1.165, 1.54) is 24.8 Å². The van der Waals surface area contributed by atoms with Crippen molar-refractivity contribution in [3.63, 3.8) is 0 Å². The summed E-state index contributed by atoms with van der Waals surface area (Å²) in [6.45, 7) is 2.71. The summed E-state index contributed by atoms with van der Waals surface area (Å²) < 4.78 is 11.1. The van der Waals surface area contributed by atoms with Crippen LogP contribution in [0.15, 0.2) is 24.3 Å². The Morgan fingerprint density at radius 2 is 1.94 bits per heavy atom. The molecule has 1 fully saturated rings. The molecule has 0 amide bonds. The summed E-state index contributed by atoms with van der Waals surface area (Å²) in [4.78, 5) is 0.355. The molecule has 1 atom stereocenters. The van der Waals surface area contributed by atoms with Gasteiger partial charge in [0.1, 0.15) is 5.75 Å². The van der Waals surface area contributed by atoms with Crippen molar-refractivity contribution in [2.24, 2.45) is 0 Å². The zero-order chi connectivity index (χ0) is 13.0. The summed E-state index contributed by atoms with van der Waals surface area (Å²) in [7, 11) is 1.83. The van der Waals surface area contributed by atoms with Crippen LogP contribution in [0.1, 0.15) is 43.0 Å². The highest BCUT2D eigenvalue weighted by Gasteiger charge is 2.38. The maximum atomic E-state index is 5.67. The van der Waals surface area contributed by atoms with Crippen LogP contribution in [0.4, 0.5) is 0 Å². The van der Waals surface area contributed by atoms with E-state index in [4.69, 9.17) is 9.47 Å². The summed E-state index contributed by atoms with van der Waals surface area (Å²) in [5, 5.41) is 0. The van der Waals surface area contributed by atoms with Crippen LogP contribution in [0.2, 0.25) is 0 Å². The minimum atomic E-state index is 0.104. The maximum absolute atomic E-state index is 5.67. The van der Waals surface area contributed by atoms with Crippen LogP contribution in [-0.4, -0.2) is 19.3 Å². The lowest BCUT2D eigenvalue weighted by molar-refractivity contribution is -0.0773. The summed E-state index contributed by atoms with van der Waals surface area (Å²) in [6, 6.07) is 8.33. The van der Waals surface area contributed by atoms with Gasteiger partial charge in [-0.2, -0.15) is 0 Å². The SMILES string of the molecule is CCOc1ccc(C(Br)CC2(OC)CCC2)cc1. The van der Waals surface area contributed by atoms with Gasteiger partial charge in [-0.15, -0.1) is 0 Å². The number of hydrogen-bond acceptors (Lipinski definition) is 2. The normalized spacial score (nSPS) is 19.1. The largest absolute Gasteiger partial charge is 0.494 e. The Labute approximate surface area is 118 Å². The van der Waals surface area contributed by atoms with Gasteiger partial charge in [-0.3, -0.25) is 0 Å². The van der Waals surface area contributed by atoms with Gasteiger partial charge in [-0.05, 0) is 50.3 Å². The van der Waals surface area contributed by atoms with Crippen LogP contribution in [-0.2, 0) is 4.74 Å². The Morgan fingerprint density at radius 1 is 1.28 bits per heavy atom. The van der Waals surface area contributed by atoms with E-state index >= 15 is 0 Å². The number of rotatable bonds is 6. The quantitative estimate of drug-likeness (QED) is 0.721. The number of hydrogen-bond donors (Lipinski definition) is 0. The van der Waals surface area contributed by atoms with Crippen molar-refractivity contribution in [1.29, 1.82) is 0 Å². The number of benzene rings is 1. The lowest BCUT2D eigenvalue weighted by Gasteiger charge is -2.42. The summed E-state index contributed by atoms with van der Waals surface area (Å²) >= 11 is 3.78. The molecule has 100 valence electrons. The van der Waals surface area contributed by atoms with Crippen molar-refractivity contribution < 1.29 is 9.47 Å². The van der Waals surface area contributed by atoms with Gasteiger partial charge in [-0.1, -0.05) is 28.1 Å². The fraction of sp³-hybridized carbons (Fsp3) is 0.600. The Morgan fingerprint density at radius 3 is 2.39 bits per heavy atom. The van der Waals surface area contributed by atoms with Crippen molar-refractivity contribution in [1.82, 2.24) is 0 Å². The monoisotopic (exact) mass is 312 g/mol. The average molecular weight is 313 g/mol. The third kappa shape index (κ3) is 3.07. The third-order valence-electron chi connectivity index (χ3n) is 3.80. The number of halogens is 1. The van der Waals surface area contributed by atoms with Gasteiger partial charge in [0.2, 0.25) is 0 Å². The van der Waals surface area contributed by atoms with E-state index in [2.05, 4.69) is 28.1 Å². The Bertz CT molecular complexity index is 365. The standard InChI is InChI=1S/C15H21BrO2/c1-3-18-13-7-5-12(6-8-13)14(16)11-15(17-2)9-4-10-15/h5-8,14H,3-4,9-11H2,1-2H3. The first-order valence-corrected chi connectivity index (χ1v) is 7.53. The zero-order valence-corrected chi connectivity index (χ0v) is 12.7. The molecule has 0 aliphatic heterocycles. The van der Waals surface area contributed by atoms with Crippen LogP contribution in [0.3, 0.4) is 0 Å². The molecule has 18 heavy (non-hydrogen) atoms. The van der Waals surface area contributed by atoms with Crippen LogP contribution in [0.5, 0.6) is 5.75 Å². The van der Waals surface area contributed by atoms with Gasteiger partial charge in [0, 0.05) is 11.9 Å². The van der Waals surface area contributed by atoms with Gasteiger partial charge < -0.3 is 9.47 Å². The molecule has 1 unspecified atom stereocenters. The minimum Gasteiger partial charge on any atom is -0.494 e. The lowest BCUT2D eigenvalue weighted by Crippen LogP contribution is -2.39. The van der Waals surface area contributed by atoms with Crippen molar-refractivity contribution >= 4 is 15.9 Å². The summed E-state index contributed by atoms with van der Waals surface area (Å²) in [6.07, 6.45) is 4.69. The predicted molar refractivity (Wildman–Crippen MR) is 77.5 cm³/mol. The Balaban J connectivity index is 1.97. The van der Waals surface area contributed by atoms with E-state index in [0.29, 0.717) is 11.4 Å². The molecular weight excluding hydrogens is 292 g/mol. The minimum absolute atomic E-state index is 0.104. The number of methoxy groups -OCH3 is 1. The summed E-state index contributed by atoms with van der Waals surface area (Å²) in [5.41, 5.74) is 1.40. The van der Waals surface area contributed by atoms with Gasteiger partial charge in [0.25, 0.3) is 0 Å². The molecular formula is C15H21BrO2. The van der Waals surface area contributed by atoms with E-state index in [-0.39, 0.29) is 5.60 Å². The highest BCUT2D eigenvalue weighted by atomic mass is 79.9. The first-order chi connectivity index (χ1) is 8.69. The molecule has 1 saturated carbocycles. The molecule has 0 bridgehead atoms. The Kier molecular flexibility index (Phi) is 4.68. The molecule has 2 rings (SSSR count). The molecule has 0 N–H and O–H groups in total. The molecule has 3 heteroatoms. The molecule has 0 saturated heterocycles.